The summed E-state index contributed by atoms with van der Waals surface area (Å²) >= 11 is 0. The lowest BCUT2D eigenvalue weighted by Crippen LogP contribution is -2.45. The average Bonchev–Trinajstić information content (AvgIpc) is 2.81. The smallest absolute Gasteiger partial charge is 0.234 e. The van der Waals surface area contributed by atoms with Crippen LogP contribution in [0.2, 0.25) is 0 Å². The van der Waals surface area contributed by atoms with Crippen molar-refractivity contribution in [3.05, 3.63) is 0 Å². The average molecular weight is 258 g/mol. The number of nitrogens with zero attached hydrogens (tertiary/aromatic N) is 1. The van der Waals surface area contributed by atoms with Gasteiger partial charge in [-0.2, -0.15) is 0 Å². The van der Waals surface area contributed by atoms with E-state index in [2.05, 4.69) is 5.32 Å². The summed E-state index contributed by atoms with van der Waals surface area (Å²) in [4.78, 5) is 13.6. The van der Waals surface area contributed by atoms with Gasteiger partial charge in [-0.1, -0.05) is 19.8 Å². The van der Waals surface area contributed by atoms with Gasteiger partial charge in [0.25, 0.3) is 0 Å². The van der Waals surface area contributed by atoms with Crippen molar-refractivity contribution in [2.24, 2.45) is 5.41 Å². The van der Waals surface area contributed by atoms with E-state index in [0.717, 1.165) is 12.8 Å². The quantitative estimate of drug-likeness (QED) is 0.599. The van der Waals surface area contributed by atoms with Crippen molar-refractivity contribution in [3.63, 3.8) is 0 Å². The van der Waals surface area contributed by atoms with Gasteiger partial charge in [0.05, 0.1) is 19.8 Å². The molecule has 0 bridgehead atoms. The van der Waals surface area contributed by atoms with Crippen LogP contribution in [0.1, 0.15) is 32.6 Å². The van der Waals surface area contributed by atoms with E-state index in [4.69, 9.17) is 0 Å². The Labute approximate surface area is 109 Å². The second-order valence-electron chi connectivity index (χ2n) is 5.85. The number of nitrogens with one attached hydrogen (secondary N) is 1. The zero-order chi connectivity index (χ0) is 13.6. The topological polar surface area (TPSA) is 72.8 Å². The number of carbonyl (C=O) groups excluding carboxylic acids is 1. The lowest BCUT2D eigenvalue weighted by molar-refractivity contribution is -0.123. The van der Waals surface area contributed by atoms with Gasteiger partial charge in [0.2, 0.25) is 5.91 Å². The zero-order valence-corrected chi connectivity index (χ0v) is 11.5. The number of hydrogen-bond donors (Lipinski definition) is 3. The highest BCUT2D eigenvalue weighted by atomic mass is 16.3. The molecule has 0 aromatic rings. The van der Waals surface area contributed by atoms with Gasteiger partial charge in [0.1, 0.15) is 0 Å². The second-order valence-corrected chi connectivity index (χ2v) is 5.85. The van der Waals surface area contributed by atoms with E-state index in [1.807, 2.05) is 11.9 Å². The van der Waals surface area contributed by atoms with E-state index in [1.165, 1.54) is 12.8 Å². The summed E-state index contributed by atoms with van der Waals surface area (Å²) in [5.41, 5.74) is -0.553. The van der Waals surface area contributed by atoms with Gasteiger partial charge < -0.3 is 15.5 Å². The van der Waals surface area contributed by atoms with Crippen LogP contribution in [-0.4, -0.2) is 60.4 Å². The molecule has 1 amide bonds. The maximum absolute atomic E-state index is 11.8. The summed E-state index contributed by atoms with van der Waals surface area (Å²) in [6.07, 6.45) is 4.57. The molecule has 0 spiro atoms. The van der Waals surface area contributed by atoms with Crippen LogP contribution in [0.15, 0.2) is 0 Å². The van der Waals surface area contributed by atoms with Gasteiger partial charge in [-0.05, 0) is 19.9 Å². The predicted octanol–water partition coefficient (Wildman–Crippen LogP) is -0.0321. The fourth-order valence-corrected chi connectivity index (χ4v) is 2.45. The molecule has 0 aliphatic heterocycles. The van der Waals surface area contributed by atoms with Crippen molar-refractivity contribution >= 4 is 5.91 Å². The summed E-state index contributed by atoms with van der Waals surface area (Å²) in [6.45, 7) is 2.44. The minimum atomic E-state index is -0.553. The number of aliphatic hydroxyl groups excluding tert-OH is 2. The largest absolute Gasteiger partial charge is 0.396 e. The minimum Gasteiger partial charge on any atom is -0.396 e. The second kappa shape index (κ2) is 7.07. The molecule has 0 heterocycles. The molecule has 0 unspecified atom stereocenters. The molecule has 106 valence electrons. The number of rotatable bonds is 7. The Morgan fingerprint density at radius 2 is 1.89 bits per heavy atom. The third-order valence-corrected chi connectivity index (χ3v) is 3.55. The van der Waals surface area contributed by atoms with E-state index in [1.54, 1.807) is 6.92 Å². The first-order chi connectivity index (χ1) is 8.49. The first kappa shape index (κ1) is 15.4. The Bertz CT molecular complexity index is 261. The van der Waals surface area contributed by atoms with E-state index in [-0.39, 0.29) is 19.1 Å². The molecule has 0 atom stereocenters. The van der Waals surface area contributed by atoms with Crippen LogP contribution in [0.4, 0.5) is 0 Å². The molecule has 3 N–H and O–H groups in total. The van der Waals surface area contributed by atoms with Crippen LogP contribution in [0, 0.1) is 5.41 Å². The Balaban J connectivity index is 2.30. The van der Waals surface area contributed by atoms with Crippen molar-refractivity contribution in [1.82, 2.24) is 10.2 Å². The third-order valence-electron chi connectivity index (χ3n) is 3.55. The van der Waals surface area contributed by atoms with E-state index < -0.39 is 5.41 Å². The van der Waals surface area contributed by atoms with Crippen molar-refractivity contribution in [2.45, 2.75) is 38.6 Å². The molecule has 0 aromatic heterocycles. The first-order valence-electron chi connectivity index (χ1n) is 6.69. The molecule has 1 saturated carbocycles. The van der Waals surface area contributed by atoms with Crippen LogP contribution in [0.3, 0.4) is 0 Å². The van der Waals surface area contributed by atoms with Crippen LogP contribution >= 0.6 is 0 Å². The highest BCUT2D eigenvalue weighted by molar-refractivity contribution is 5.78. The van der Waals surface area contributed by atoms with Gasteiger partial charge in [0.15, 0.2) is 0 Å². The van der Waals surface area contributed by atoms with E-state index in [9.17, 15) is 15.0 Å². The predicted molar refractivity (Wildman–Crippen MR) is 70.2 cm³/mol. The highest BCUT2D eigenvalue weighted by Crippen LogP contribution is 2.18. The lowest BCUT2D eigenvalue weighted by Gasteiger charge is -2.30. The Hall–Kier alpha value is -0.650. The van der Waals surface area contributed by atoms with Gasteiger partial charge in [-0.3, -0.25) is 9.69 Å². The van der Waals surface area contributed by atoms with Gasteiger partial charge in [-0.15, -0.1) is 0 Å². The molecule has 0 saturated heterocycles. The molecule has 0 radical (unpaired) electrons. The van der Waals surface area contributed by atoms with Crippen molar-refractivity contribution in [3.8, 4) is 0 Å². The summed E-state index contributed by atoms with van der Waals surface area (Å²) in [7, 11) is 1.83. The van der Waals surface area contributed by atoms with Crippen LogP contribution in [-0.2, 0) is 4.79 Å². The number of aliphatic hydroxyl groups is 2. The number of carbonyl (C=O) groups is 1. The van der Waals surface area contributed by atoms with Gasteiger partial charge in [0, 0.05) is 18.0 Å². The summed E-state index contributed by atoms with van der Waals surface area (Å²) in [5.74, 6) is 0.0302. The van der Waals surface area contributed by atoms with Crippen molar-refractivity contribution < 1.29 is 15.0 Å². The fourth-order valence-electron chi connectivity index (χ4n) is 2.45. The SMILES string of the molecule is CN(CC(=O)NC1CCCC1)CC(C)(CO)CO. The Morgan fingerprint density at radius 3 is 2.39 bits per heavy atom. The standard InChI is InChI=1S/C13H26N2O3/c1-13(9-16,10-17)8-15(2)7-12(18)14-11-5-3-4-6-11/h11,16-17H,3-10H2,1-2H3,(H,14,18). The lowest BCUT2D eigenvalue weighted by atomic mass is 9.92. The van der Waals surface area contributed by atoms with Gasteiger partial charge in [-0.25, -0.2) is 0 Å². The molecule has 1 fully saturated rings. The normalized spacial score (nSPS) is 17.4. The van der Waals surface area contributed by atoms with Crippen LogP contribution < -0.4 is 5.32 Å². The number of likely N-dealkylation sites (N-methyl/N-ethyl adjacent to an activating group) is 1. The van der Waals surface area contributed by atoms with Gasteiger partial charge >= 0.3 is 0 Å². The molecule has 1 aliphatic rings. The van der Waals surface area contributed by atoms with Crippen LogP contribution in [0.5, 0.6) is 0 Å². The molecule has 1 aliphatic carbocycles. The van der Waals surface area contributed by atoms with Crippen LogP contribution in [0.25, 0.3) is 0 Å². The zero-order valence-electron chi connectivity index (χ0n) is 11.5. The maximum Gasteiger partial charge on any atom is 0.234 e. The third kappa shape index (κ3) is 4.92. The summed E-state index contributed by atoms with van der Waals surface area (Å²) < 4.78 is 0. The first-order valence-corrected chi connectivity index (χ1v) is 6.69. The molecule has 5 heteroatoms. The molecular formula is C13H26N2O3. The molecule has 0 aromatic carbocycles. The maximum atomic E-state index is 11.8. The highest BCUT2D eigenvalue weighted by Gasteiger charge is 2.25. The molecule has 1 rings (SSSR count). The molecule has 5 nitrogen and oxygen atoms in total. The number of hydrogen-bond acceptors (Lipinski definition) is 4. The number of amides is 1. The Kier molecular flexibility index (Phi) is 6.05. The van der Waals surface area contributed by atoms with E-state index >= 15 is 0 Å². The fraction of sp³-hybridized carbons (Fsp3) is 0.923. The summed E-state index contributed by atoms with van der Waals surface area (Å²) in [5, 5.41) is 21.4. The van der Waals surface area contributed by atoms with Crippen molar-refractivity contribution in [2.75, 3.05) is 33.4 Å². The van der Waals surface area contributed by atoms with Crippen molar-refractivity contribution in [1.29, 1.82) is 0 Å². The van der Waals surface area contributed by atoms with E-state index in [0.29, 0.717) is 19.1 Å². The molecule has 18 heavy (non-hydrogen) atoms. The monoisotopic (exact) mass is 258 g/mol. The summed E-state index contributed by atoms with van der Waals surface area (Å²) in [6, 6.07) is 0.341. The molecular weight excluding hydrogens is 232 g/mol. The Morgan fingerprint density at radius 1 is 1.33 bits per heavy atom. The minimum absolute atomic E-state index is 0.0302.